The standard InChI is InChI=1S/C6H7N5.C3H6.C2H6/c1-11-3-10-4-5(7)8-2-9-6(4)11;1-3-2;1-2/h2-3H,1H3,(H2,7,8,9);3H,1H2,2H3;1-2H3. The molecule has 88 valence electrons. The summed E-state index contributed by atoms with van der Waals surface area (Å²) < 4.78 is 1.80. The van der Waals surface area contributed by atoms with Crippen molar-refractivity contribution < 1.29 is 0 Å². The summed E-state index contributed by atoms with van der Waals surface area (Å²) in [5.41, 5.74) is 6.97. The van der Waals surface area contributed by atoms with Crippen molar-refractivity contribution in [2.24, 2.45) is 7.05 Å². The van der Waals surface area contributed by atoms with E-state index in [0.29, 0.717) is 11.3 Å². The van der Waals surface area contributed by atoms with Gasteiger partial charge in [0, 0.05) is 7.05 Å². The molecule has 0 amide bonds. The van der Waals surface area contributed by atoms with Gasteiger partial charge in [0.2, 0.25) is 0 Å². The molecule has 16 heavy (non-hydrogen) atoms. The van der Waals surface area contributed by atoms with Gasteiger partial charge < -0.3 is 10.3 Å². The van der Waals surface area contributed by atoms with Gasteiger partial charge in [-0.3, -0.25) is 0 Å². The first-order valence-electron chi connectivity index (χ1n) is 5.15. The van der Waals surface area contributed by atoms with Gasteiger partial charge in [-0.05, 0) is 6.92 Å². The Morgan fingerprint density at radius 1 is 1.31 bits per heavy atom. The van der Waals surface area contributed by atoms with Gasteiger partial charge in [0.25, 0.3) is 0 Å². The summed E-state index contributed by atoms with van der Waals surface area (Å²) in [6.07, 6.45) is 4.84. The number of rotatable bonds is 0. The van der Waals surface area contributed by atoms with E-state index in [1.807, 2.05) is 27.8 Å². The molecule has 0 saturated heterocycles. The third-order valence-corrected chi connectivity index (χ3v) is 1.53. The summed E-state index contributed by atoms with van der Waals surface area (Å²) >= 11 is 0. The third kappa shape index (κ3) is 3.34. The van der Waals surface area contributed by atoms with E-state index < -0.39 is 0 Å². The van der Waals surface area contributed by atoms with Crippen molar-refractivity contribution in [1.82, 2.24) is 19.5 Å². The van der Waals surface area contributed by atoms with Gasteiger partial charge in [-0.2, -0.15) is 0 Å². The fourth-order valence-corrected chi connectivity index (χ4v) is 0.964. The minimum absolute atomic E-state index is 0.426. The first-order valence-corrected chi connectivity index (χ1v) is 5.15. The van der Waals surface area contributed by atoms with Crippen LogP contribution in [0.25, 0.3) is 11.2 Å². The van der Waals surface area contributed by atoms with Crippen LogP contribution >= 0.6 is 0 Å². The molecule has 2 heterocycles. The minimum Gasteiger partial charge on any atom is -0.382 e. The van der Waals surface area contributed by atoms with Gasteiger partial charge in [-0.1, -0.05) is 19.9 Å². The quantitative estimate of drug-likeness (QED) is 0.692. The third-order valence-electron chi connectivity index (χ3n) is 1.53. The monoisotopic (exact) mass is 221 g/mol. The lowest BCUT2D eigenvalue weighted by Gasteiger charge is -1.92. The molecule has 0 radical (unpaired) electrons. The lowest BCUT2D eigenvalue weighted by molar-refractivity contribution is 0.928. The Morgan fingerprint density at radius 2 is 1.88 bits per heavy atom. The van der Waals surface area contributed by atoms with Gasteiger partial charge in [-0.15, -0.1) is 6.58 Å². The van der Waals surface area contributed by atoms with Crippen LogP contribution in [-0.2, 0) is 7.05 Å². The topological polar surface area (TPSA) is 69.6 Å². The van der Waals surface area contributed by atoms with Crippen molar-refractivity contribution in [2.75, 3.05) is 5.73 Å². The predicted octanol–water partition coefficient (Wildman–Crippen LogP) is 2.16. The number of allylic oxidation sites excluding steroid dienone is 1. The molecule has 0 aliphatic carbocycles. The van der Waals surface area contributed by atoms with E-state index >= 15 is 0 Å². The summed E-state index contributed by atoms with van der Waals surface area (Å²) in [6, 6.07) is 0. The average molecular weight is 221 g/mol. The SMILES string of the molecule is C=CC.CC.Cn1cnc2c(N)ncnc21. The maximum atomic E-state index is 5.54. The van der Waals surface area contributed by atoms with Gasteiger partial charge in [0.05, 0.1) is 6.33 Å². The molecule has 2 aromatic heterocycles. The summed E-state index contributed by atoms with van der Waals surface area (Å²) in [7, 11) is 1.86. The van der Waals surface area contributed by atoms with E-state index in [2.05, 4.69) is 21.5 Å². The summed E-state index contributed by atoms with van der Waals surface area (Å²) in [5.74, 6) is 0.426. The highest BCUT2D eigenvalue weighted by Gasteiger charge is 2.03. The molecule has 0 spiro atoms. The van der Waals surface area contributed by atoms with Crippen LogP contribution in [-0.4, -0.2) is 19.5 Å². The Morgan fingerprint density at radius 3 is 2.38 bits per heavy atom. The van der Waals surface area contributed by atoms with E-state index in [9.17, 15) is 0 Å². The lowest BCUT2D eigenvalue weighted by Crippen LogP contribution is -1.94. The molecule has 0 aliphatic heterocycles. The fourth-order valence-electron chi connectivity index (χ4n) is 0.964. The molecular weight excluding hydrogens is 202 g/mol. The van der Waals surface area contributed by atoms with E-state index in [-0.39, 0.29) is 0 Å². The molecule has 0 aliphatic rings. The number of hydrogen-bond donors (Lipinski definition) is 1. The van der Waals surface area contributed by atoms with Crippen LogP contribution in [0.15, 0.2) is 25.3 Å². The first kappa shape index (κ1) is 14.1. The number of hydrogen-bond acceptors (Lipinski definition) is 4. The van der Waals surface area contributed by atoms with Crippen molar-refractivity contribution in [3.05, 3.63) is 25.3 Å². The molecule has 5 heteroatoms. The van der Waals surface area contributed by atoms with Crippen LogP contribution in [0.1, 0.15) is 20.8 Å². The van der Waals surface area contributed by atoms with Crippen LogP contribution in [0.4, 0.5) is 5.82 Å². The van der Waals surface area contributed by atoms with E-state index in [1.54, 1.807) is 17.0 Å². The predicted molar refractivity (Wildman–Crippen MR) is 67.9 cm³/mol. The highest BCUT2D eigenvalue weighted by molar-refractivity contribution is 5.80. The average Bonchev–Trinajstić information content (AvgIpc) is 2.66. The Hall–Kier alpha value is -1.91. The molecule has 0 aromatic carbocycles. The largest absolute Gasteiger partial charge is 0.382 e. The van der Waals surface area contributed by atoms with Gasteiger partial charge in [0.15, 0.2) is 11.5 Å². The molecular formula is C11H19N5. The van der Waals surface area contributed by atoms with E-state index in [0.717, 1.165) is 5.65 Å². The summed E-state index contributed by atoms with van der Waals surface area (Å²) in [6.45, 7) is 9.25. The van der Waals surface area contributed by atoms with Crippen molar-refractivity contribution in [1.29, 1.82) is 0 Å². The zero-order chi connectivity index (χ0) is 12.6. The molecule has 2 rings (SSSR count). The molecule has 0 atom stereocenters. The smallest absolute Gasteiger partial charge is 0.165 e. The molecule has 0 unspecified atom stereocenters. The lowest BCUT2D eigenvalue weighted by atomic mass is 10.5. The number of aryl methyl sites for hydroxylation is 1. The van der Waals surface area contributed by atoms with Crippen molar-refractivity contribution in [3.63, 3.8) is 0 Å². The maximum Gasteiger partial charge on any atom is 0.165 e. The number of nitrogens with two attached hydrogens (primary N) is 1. The van der Waals surface area contributed by atoms with Crippen molar-refractivity contribution in [3.8, 4) is 0 Å². The number of fused-ring (bicyclic) bond motifs is 1. The van der Waals surface area contributed by atoms with Gasteiger partial charge in [-0.25, -0.2) is 15.0 Å². The molecule has 0 saturated carbocycles. The Balaban J connectivity index is 0.000000394. The van der Waals surface area contributed by atoms with Crippen LogP contribution in [0.5, 0.6) is 0 Å². The van der Waals surface area contributed by atoms with Crippen LogP contribution < -0.4 is 5.73 Å². The first-order chi connectivity index (χ1) is 7.70. The van der Waals surface area contributed by atoms with Gasteiger partial charge >= 0.3 is 0 Å². The normalized spacial score (nSPS) is 8.50. The Kier molecular flexibility index (Phi) is 6.51. The van der Waals surface area contributed by atoms with Crippen LogP contribution in [0.3, 0.4) is 0 Å². The molecule has 5 nitrogen and oxygen atoms in total. The number of aromatic nitrogens is 4. The Labute approximate surface area is 96.0 Å². The second-order valence-corrected chi connectivity index (χ2v) is 2.69. The fraction of sp³-hybridized carbons (Fsp3) is 0.364. The summed E-state index contributed by atoms with van der Waals surface area (Å²) in [5, 5.41) is 0. The number of nitrogens with zero attached hydrogens (tertiary/aromatic N) is 4. The van der Waals surface area contributed by atoms with Crippen LogP contribution in [0.2, 0.25) is 0 Å². The minimum atomic E-state index is 0.426. The van der Waals surface area contributed by atoms with Crippen molar-refractivity contribution in [2.45, 2.75) is 20.8 Å². The van der Waals surface area contributed by atoms with Gasteiger partial charge in [0.1, 0.15) is 11.8 Å². The molecule has 0 bridgehead atoms. The number of imidazole rings is 1. The zero-order valence-electron chi connectivity index (χ0n) is 10.3. The van der Waals surface area contributed by atoms with E-state index in [4.69, 9.17) is 5.73 Å². The number of nitrogen functional groups attached to an aromatic ring is 1. The highest BCUT2D eigenvalue weighted by atomic mass is 15.1. The molecule has 2 N–H and O–H groups in total. The molecule has 0 fully saturated rings. The maximum absolute atomic E-state index is 5.54. The second-order valence-electron chi connectivity index (χ2n) is 2.69. The Bertz CT molecular complexity index is 433. The van der Waals surface area contributed by atoms with Crippen molar-refractivity contribution >= 4 is 17.0 Å². The zero-order valence-corrected chi connectivity index (χ0v) is 10.3. The van der Waals surface area contributed by atoms with E-state index in [1.165, 1.54) is 6.33 Å². The van der Waals surface area contributed by atoms with Crippen LogP contribution in [0, 0.1) is 0 Å². The summed E-state index contributed by atoms with van der Waals surface area (Å²) in [4.78, 5) is 11.9. The highest BCUT2D eigenvalue weighted by Crippen LogP contribution is 2.11. The molecule has 2 aromatic rings. The second kappa shape index (κ2) is 7.39. The number of anilines is 1.